The molecule has 1 unspecified atom stereocenters. The fourth-order valence-electron chi connectivity index (χ4n) is 2.67. The SMILES string of the molecule is C=S(C)c1cc(C(C)(OC)OC)cc(N2CCOCC2)c1OC. The maximum Gasteiger partial charge on any atom is 0.191 e. The van der Waals surface area contributed by atoms with Crippen LogP contribution in [0, 0.1) is 0 Å². The zero-order valence-electron chi connectivity index (χ0n) is 14.7. The number of rotatable bonds is 6. The predicted molar refractivity (Wildman–Crippen MR) is 96.3 cm³/mol. The van der Waals surface area contributed by atoms with Crippen LogP contribution in [0.25, 0.3) is 0 Å². The minimum Gasteiger partial charge on any atom is -0.493 e. The van der Waals surface area contributed by atoms with Gasteiger partial charge in [0.1, 0.15) is 0 Å². The van der Waals surface area contributed by atoms with E-state index in [2.05, 4.69) is 29.2 Å². The third-order valence-electron chi connectivity index (χ3n) is 4.27. The minimum atomic E-state index is -0.804. The van der Waals surface area contributed by atoms with Crippen LogP contribution >= 0.6 is 10.5 Å². The third-order valence-corrected chi connectivity index (χ3v) is 5.32. The first-order valence-corrected chi connectivity index (χ1v) is 9.38. The molecule has 0 radical (unpaired) electrons. The molecule has 1 atom stereocenters. The van der Waals surface area contributed by atoms with Crippen molar-refractivity contribution < 1.29 is 18.9 Å². The van der Waals surface area contributed by atoms with Gasteiger partial charge in [-0.15, -0.1) is 0 Å². The van der Waals surface area contributed by atoms with Crippen molar-refractivity contribution in [2.45, 2.75) is 17.6 Å². The number of hydrogen-bond acceptors (Lipinski definition) is 5. The minimum absolute atomic E-state index is 0.198. The highest BCUT2D eigenvalue weighted by atomic mass is 32.2. The van der Waals surface area contributed by atoms with Crippen molar-refractivity contribution in [2.24, 2.45) is 0 Å². The highest BCUT2D eigenvalue weighted by molar-refractivity contribution is 8.13. The Morgan fingerprint density at radius 1 is 1.17 bits per heavy atom. The van der Waals surface area contributed by atoms with Gasteiger partial charge in [-0.3, -0.25) is 0 Å². The van der Waals surface area contributed by atoms with Gasteiger partial charge in [0.15, 0.2) is 11.5 Å². The number of methoxy groups -OCH3 is 3. The third kappa shape index (κ3) is 3.71. The van der Waals surface area contributed by atoms with Crippen LogP contribution in [-0.2, 0) is 20.0 Å². The second-order valence-electron chi connectivity index (χ2n) is 5.62. The molecule has 1 aromatic carbocycles. The summed E-state index contributed by atoms with van der Waals surface area (Å²) in [7, 11) is 4.81. The van der Waals surface area contributed by atoms with Crippen LogP contribution in [-0.4, -0.2) is 59.8 Å². The van der Waals surface area contributed by atoms with Gasteiger partial charge in [-0.25, -0.2) is 0 Å². The molecular weight excluding hydrogens is 314 g/mol. The summed E-state index contributed by atoms with van der Waals surface area (Å²) in [6.45, 7) is 5.03. The second kappa shape index (κ2) is 7.66. The molecule has 6 heteroatoms. The first-order chi connectivity index (χ1) is 11.0. The van der Waals surface area contributed by atoms with E-state index in [0.29, 0.717) is 0 Å². The zero-order valence-corrected chi connectivity index (χ0v) is 15.5. The van der Waals surface area contributed by atoms with Crippen LogP contribution in [0.15, 0.2) is 17.0 Å². The average molecular weight is 341 g/mol. The van der Waals surface area contributed by atoms with Gasteiger partial charge in [0, 0.05) is 37.8 Å². The number of ether oxygens (including phenoxy) is 4. The second-order valence-corrected chi connectivity index (χ2v) is 7.33. The topological polar surface area (TPSA) is 40.2 Å². The Morgan fingerprint density at radius 3 is 2.26 bits per heavy atom. The Morgan fingerprint density at radius 2 is 1.78 bits per heavy atom. The van der Waals surface area contributed by atoms with Gasteiger partial charge in [-0.1, -0.05) is 5.87 Å². The molecule has 5 nitrogen and oxygen atoms in total. The van der Waals surface area contributed by atoms with E-state index >= 15 is 0 Å². The van der Waals surface area contributed by atoms with Crippen molar-refractivity contribution in [1.29, 1.82) is 0 Å². The summed E-state index contributed by atoms with van der Waals surface area (Å²) in [5.41, 5.74) is 2.01. The molecule has 23 heavy (non-hydrogen) atoms. The van der Waals surface area contributed by atoms with Crippen LogP contribution in [0.2, 0.25) is 0 Å². The van der Waals surface area contributed by atoms with E-state index in [4.69, 9.17) is 18.9 Å². The molecule has 1 aliphatic rings. The Kier molecular flexibility index (Phi) is 6.08. The Hall–Kier alpha value is -1.08. The average Bonchev–Trinajstić information content (AvgIpc) is 2.60. The van der Waals surface area contributed by atoms with Gasteiger partial charge in [0.25, 0.3) is 0 Å². The van der Waals surface area contributed by atoms with E-state index in [1.54, 1.807) is 21.3 Å². The number of anilines is 1. The van der Waals surface area contributed by atoms with Gasteiger partial charge in [0.05, 0.1) is 26.0 Å². The quantitative estimate of drug-likeness (QED) is 0.588. The highest BCUT2D eigenvalue weighted by Crippen LogP contribution is 2.43. The summed E-state index contributed by atoms with van der Waals surface area (Å²) in [5, 5.41) is 0. The lowest BCUT2D eigenvalue weighted by molar-refractivity contribution is -0.201. The van der Waals surface area contributed by atoms with E-state index in [1.807, 2.05) is 6.92 Å². The number of benzene rings is 1. The van der Waals surface area contributed by atoms with Crippen molar-refractivity contribution in [1.82, 2.24) is 0 Å². The van der Waals surface area contributed by atoms with Crippen LogP contribution in [0.5, 0.6) is 5.75 Å². The summed E-state index contributed by atoms with van der Waals surface area (Å²) in [6, 6.07) is 4.17. The van der Waals surface area contributed by atoms with Crippen molar-refractivity contribution in [3.05, 3.63) is 17.7 Å². The van der Waals surface area contributed by atoms with E-state index < -0.39 is 5.79 Å². The van der Waals surface area contributed by atoms with Gasteiger partial charge in [-0.2, -0.15) is 10.5 Å². The van der Waals surface area contributed by atoms with Gasteiger partial charge in [-0.05, 0) is 25.3 Å². The molecule has 1 aromatic rings. The Balaban J connectivity index is 2.62. The summed E-state index contributed by atoms with van der Waals surface area (Å²) >= 11 is 0. The van der Waals surface area contributed by atoms with Crippen LogP contribution < -0.4 is 9.64 Å². The molecule has 1 heterocycles. The first-order valence-electron chi connectivity index (χ1n) is 7.58. The van der Waals surface area contributed by atoms with Gasteiger partial charge < -0.3 is 23.8 Å². The molecule has 1 saturated heterocycles. The summed E-state index contributed by atoms with van der Waals surface area (Å²) < 4.78 is 22.4. The molecule has 0 N–H and O–H groups in total. The Labute approximate surface area is 141 Å². The van der Waals surface area contributed by atoms with Crippen LogP contribution in [0.3, 0.4) is 0 Å². The molecule has 0 saturated carbocycles. The first kappa shape index (κ1) is 18.3. The lowest BCUT2D eigenvalue weighted by atomic mass is 10.0. The number of hydrogen-bond donors (Lipinski definition) is 0. The molecule has 0 spiro atoms. The zero-order chi connectivity index (χ0) is 17.0. The number of morpholine rings is 1. The highest BCUT2D eigenvalue weighted by Gasteiger charge is 2.29. The fourth-order valence-corrected chi connectivity index (χ4v) is 3.50. The number of nitrogens with zero attached hydrogens (tertiary/aromatic N) is 1. The maximum atomic E-state index is 5.73. The maximum absolute atomic E-state index is 5.73. The molecule has 0 bridgehead atoms. The standard InChI is InChI=1S/C17H27NO4S/c1-17(20-3,21-4)13-11-14(18-7-9-22-10-8-18)16(19-2)15(12-13)23(5)6/h11-12H,5,7-10H2,1-4,6H3. The van der Waals surface area contributed by atoms with E-state index in [1.165, 1.54) is 0 Å². The normalized spacial score (nSPS) is 17.2. The Bertz CT molecular complexity index is 566. The van der Waals surface area contributed by atoms with Gasteiger partial charge >= 0.3 is 0 Å². The molecule has 0 amide bonds. The van der Waals surface area contributed by atoms with Crippen molar-refractivity contribution in [2.75, 3.05) is 58.8 Å². The smallest absolute Gasteiger partial charge is 0.191 e. The van der Waals surface area contributed by atoms with Crippen molar-refractivity contribution >= 4 is 22.0 Å². The molecule has 0 aliphatic carbocycles. The van der Waals surface area contributed by atoms with E-state index in [9.17, 15) is 0 Å². The molecule has 1 fully saturated rings. The largest absolute Gasteiger partial charge is 0.493 e. The summed E-state index contributed by atoms with van der Waals surface area (Å²) in [5.74, 6) is 4.28. The van der Waals surface area contributed by atoms with Crippen molar-refractivity contribution in [3.63, 3.8) is 0 Å². The lowest BCUT2D eigenvalue weighted by Gasteiger charge is -2.34. The van der Waals surface area contributed by atoms with E-state index in [-0.39, 0.29) is 10.5 Å². The molecule has 130 valence electrons. The summed E-state index contributed by atoms with van der Waals surface area (Å²) in [4.78, 5) is 3.36. The summed E-state index contributed by atoms with van der Waals surface area (Å²) in [6.07, 6.45) is 2.08. The molecule has 2 rings (SSSR count). The van der Waals surface area contributed by atoms with Crippen LogP contribution in [0.4, 0.5) is 5.69 Å². The monoisotopic (exact) mass is 341 g/mol. The molecule has 0 aromatic heterocycles. The van der Waals surface area contributed by atoms with Crippen molar-refractivity contribution in [3.8, 4) is 5.75 Å². The lowest BCUT2D eigenvalue weighted by Crippen LogP contribution is -2.37. The van der Waals surface area contributed by atoms with Gasteiger partial charge in [0.2, 0.25) is 0 Å². The van der Waals surface area contributed by atoms with Crippen LogP contribution in [0.1, 0.15) is 12.5 Å². The van der Waals surface area contributed by atoms with E-state index in [0.717, 1.165) is 48.2 Å². The fraction of sp³-hybridized carbons (Fsp3) is 0.588. The predicted octanol–water partition coefficient (Wildman–Crippen LogP) is 2.69. The molecule has 1 aliphatic heterocycles. The molecular formula is C17H27NO4S.